The van der Waals surface area contributed by atoms with Gasteiger partial charge in [-0.2, -0.15) is 12.1 Å². The second-order valence-corrected chi connectivity index (χ2v) is 16.9. The minimum absolute atomic E-state index is 0.826. The minimum atomic E-state index is -0.826. The van der Waals surface area contributed by atoms with E-state index in [4.69, 9.17) is 17.0 Å². The van der Waals surface area contributed by atoms with Crippen molar-refractivity contribution in [3.8, 4) is 22.3 Å². The van der Waals surface area contributed by atoms with Gasteiger partial charge in [0, 0.05) is 9.52 Å². The fourth-order valence-electron chi connectivity index (χ4n) is 5.97. The van der Waals surface area contributed by atoms with Crippen LogP contribution in [0.4, 0.5) is 0 Å². The van der Waals surface area contributed by atoms with Gasteiger partial charge in [-0.25, -0.2) is 0 Å². The van der Waals surface area contributed by atoms with E-state index in [-0.39, 0.29) is 0 Å². The first-order chi connectivity index (χ1) is 22.0. The third-order valence-corrected chi connectivity index (χ3v) is 8.70. The van der Waals surface area contributed by atoms with E-state index in [1.807, 2.05) is 0 Å². The van der Waals surface area contributed by atoms with Gasteiger partial charge in [0.1, 0.15) is 0 Å². The average Bonchev–Trinajstić information content (AvgIpc) is 3.66. The Morgan fingerprint density at radius 2 is 0.848 bits per heavy atom. The topological polar surface area (TPSA) is 0 Å². The second-order valence-electron chi connectivity index (χ2n) is 12.1. The molecule has 6 aromatic rings. The number of hydrogen-bond acceptors (Lipinski definition) is 0. The Labute approximate surface area is 299 Å². The van der Waals surface area contributed by atoms with Crippen molar-refractivity contribution in [2.45, 2.75) is 81.3 Å². The van der Waals surface area contributed by atoms with Crippen molar-refractivity contribution in [3.63, 3.8) is 0 Å². The van der Waals surface area contributed by atoms with Gasteiger partial charge in [-0.05, 0) is 98.9 Å². The Balaban J connectivity index is 0.000000214. The number of fused-ring (bicyclic) bond motifs is 2. The van der Waals surface area contributed by atoms with E-state index in [0.717, 1.165) is 22.4 Å². The van der Waals surface area contributed by atoms with Crippen LogP contribution in [0.2, 0.25) is 13.1 Å². The van der Waals surface area contributed by atoms with Gasteiger partial charge in [-0.15, -0.1) is 69.1 Å². The Kier molecular flexibility index (Phi) is 15.3. The van der Waals surface area contributed by atoms with Crippen molar-refractivity contribution in [3.05, 3.63) is 129 Å². The van der Waals surface area contributed by atoms with Crippen molar-refractivity contribution >= 4 is 48.1 Å². The van der Waals surface area contributed by atoms with Crippen LogP contribution in [0.15, 0.2) is 84.9 Å². The summed E-state index contributed by atoms with van der Waals surface area (Å²) in [5.41, 5.74) is 16.5. The quantitative estimate of drug-likeness (QED) is 0.125. The van der Waals surface area contributed by atoms with Crippen molar-refractivity contribution in [1.82, 2.24) is 0 Å². The van der Waals surface area contributed by atoms with E-state index >= 15 is 0 Å². The molecule has 2 radical (unpaired) electrons. The molecule has 0 fully saturated rings. The predicted octanol–water partition coefficient (Wildman–Crippen LogP) is 13.6. The van der Waals surface area contributed by atoms with Crippen LogP contribution in [-0.4, -0.2) is 9.52 Å². The number of rotatable bonds is 4. The zero-order chi connectivity index (χ0) is 34.0. The summed E-state index contributed by atoms with van der Waals surface area (Å²) in [4.78, 5) is 0. The summed E-state index contributed by atoms with van der Waals surface area (Å²) in [5.74, 6) is 0. The van der Waals surface area contributed by atoms with Crippen molar-refractivity contribution in [2.24, 2.45) is 0 Å². The van der Waals surface area contributed by atoms with Crippen LogP contribution in [0.5, 0.6) is 0 Å². The standard InChI is InChI=1S/2C20H21.C2H6Si.2ClH.Zr/c2*1-5-16-11-17-7-6-8-18(20(17)12-16)19-10-14(3)13(2)9-15(19)4;1-3-2;;;/h2*6-12H,5H2,1-4H3;1-2H3;2*1H;/q2*-1;;;;+4/p-2. The zero-order valence-electron chi connectivity index (χ0n) is 29.3. The van der Waals surface area contributed by atoms with Crippen LogP contribution in [0.25, 0.3) is 43.8 Å². The number of halogens is 2. The molecule has 0 nitrogen and oxygen atoms in total. The first-order valence-corrected chi connectivity index (χ1v) is 24.4. The molecule has 0 unspecified atom stereocenters. The molecular formula is C42H48Cl2SiZr. The van der Waals surface area contributed by atoms with Gasteiger partial charge in [-0.3, -0.25) is 0 Å². The van der Waals surface area contributed by atoms with Gasteiger partial charge in [0.15, 0.2) is 0 Å². The summed E-state index contributed by atoms with van der Waals surface area (Å²) in [5, 5.41) is 5.49. The Bertz CT molecular complexity index is 1740. The Morgan fingerprint density at radius 3 is 1.17 bits per heavy atom. The maximum atomic E-state index is 4.93. The van der Waals surface area contributed by atoms with Crippen molar-refractivity contribution in [2.75, 3.05) is 0 Å². The average molecular weight is 743 g/mol. The van der Waals surface area contributed by atoms with Crippen LogP contribution in [0.3, 0.4) is 0 Å². The molecule has 0 atom stereocenters. The molecule has 0 aliphatic rings. The van der Waals surface area contributed by atoms with Crippen molar-refractivity contribution < 1.29 is 20.8 Å². The second kappa shape index (κ2) is 18.4. The summed E-state index contributed by atoms with van der Waals surface area (Å²) in [6.07, 6.45) is 2.19. The van der Waals surface area contributed by atoms with E-state index in [1.165, 1.54) is 88.3 Å². The monoisotopic (exact) mass is 740 g/mol. The number of aryl methyl sites for hydroxylation is 8. The molecule has 46 heavy (non-hydrogen) atoms. The zero-order valence-corrected chi connectivity index (χ0v) is 34.2. The Hall–Kier alpha value is -2.22. The molecule has 0 bridgehead atoms. The molecular weight excluding hydrogens is 695 g/mol. The number of benzene rings is 4. The van der Waals surface area contributed by atoms with E-state index in [2.05, 4.69) is 153 Å². The summed E-state index contributed by atoms with van der Waals surface area (Å²) in [6.45, 7) is 21.9. The first kappa shape index (κ1) is 38.2. The molecule has 0 N–H and O–H groups in total. The molecule has 0 amide bonds. The third-order valence-electron chi connectivity index (χ3n) is 8.70. The SMILES string of the molecule is CCc1cc2c(-c3cc(C)c(C)cc3C)cccc2[cH-]1.CCc1cc2c(-c3cc(C)c(C)cc3C)cccc2[cH-]1.C[Si]C.[Cl][Zr+2][Cl]. The molecule has 4 heteroatoms. The first-order valence-electron chi connectivity index (χ1n) is 16.1. The maximum absolute atomic E-state index is 4.93. The fraction of sp³-hybridized carbons (Fsp3) is 0.286. The van der Waals surface area contributed by atoms with E-state index < -0.39 is 20.8 Å². The predicted molar refractivity (Wildman–Crippen MR) is 206 cm³/mol. The Morgan fingerprint density at radius 1 is 0.522 bits per heavy atom. The van der Waals surface area contributed by atoms with Crippen LogP contribution in [0.1, 0.15) is 58.4 Å². The molecule has 0 aliphatic heterocycles. The van der Waals surface area contributed by atoms with Gasteiger partial charge < -0.3 is 0 Å². The summed E-state index contributed by atoms with van der Waals surface area (Å²) in [6, 6.07) is 31.9. The van der Waals surface area contributed by atoms with Crippen molar-refractivity contribution in [1.29, 1.82) is 0 Å². The molecule has 6 rings (SSSR count). The van der Waals surface area contributed by atoms with E-state index in [0.29, 0.717) is 0 Å². The van der Waals surface area contributed by atoms with Crippen LogP contribution in [-0.2, 0) is 33.7 Å². The van der Waals surface area contributed by atoms with Gasteiger partial charge in [0.2, 0.25) is 0 Å². The van der Waals surface area contributed by atoms with Gasteiger partial charge in [0.05, 0.1) is 0 Å². The van der Waals surface area contributed by atoms with Crippen LogP contribution < -0.4 is 0 Å². The molecule has 0 heterocycles. The van der Waals surface area contributed by atoms with Crippen LogP contribution >= 0.6 is 17.0 Å². The van der Waals surface area contributed by atoms with Gasteiger partial charge in [-0.1, -0.05) is 74.5 Å². The number of hydrogen-bond donors (Lipinski definition) is 0. The molecule has 0 spiro atoms. The fourth-order valence-corrected chi connectivity index (χ4v) is 5.97. The van der Waals surface area contributed by atoms with E-state index in [9.17, 15) is 0 Å². The molecule has 0 saturated heterocycles. The normalized spacial score (nSPS) is 10.3. The molecule has 6 aromatic carbocycles. The summed E-state index contributed by atoms with van der Waals surface area (Å²) in [7, 11) is 11.0. The summed E-state index contributed by atoms with van der Waals surface area (Å²) < 4.78 is 0. The molecule has 0 aromatic heterocycles. The molecule has 0 saturated carbocycles. The molecule has 0 aliphatic carbocycles. The summed E-state index contributed by atoms with van der Waals surface area (Å²) >= 11 is -0.826. The third kappa shape index (κ3) is 9.44. The van der Waals surface area contributed by atoms with Gasteiger partial charge in [0.25, 0.3) is 0 Å². The van der Waals surface area contributed by atoms with E-state index in [1.54, 1.807) is 0 Å². The van der Waals surface area contributed by atoms with Crippen LogP contribution in [0, 0.1) is 41.5 Å². The van der Waals surface area contributed by atoms with Gasteiger partial charge >= 0.3 is 37.9 Å². The molecule has 238 valence electrons.